The summed E-state index contributed by atoms with van der Waals surface area (Å²) in [6.07, 6.45) is -2.32. The maximum Gasteiger partial charge on any atom is 0.421 e. The number of anilines is 2. The van der Waals surface area contributed by atoms with Crippen molar-refractivity contribution in [2.24, 2.45) is 11.5 Å². The predicted octanol–water partition coefficient (Wildman–Crippen LogP) is 2.19. The van der Waals surface area contributed by atoms with Gasteiger partial charge in [0.05, 0.1) is 30.2 Å². The number of aliphatic hydroxyl groups excluding tert-OH is 1. The Morgan fingerprint density at radius 3 is 2.49 bits per heavy atom. The normalized spacial score (nSPS) is 12.3. The highest BCUT2D eigenvalue weighted by Gasteiger charge is 2.36. The number of amides is 1. The van der Waals surface area contributed by atoms with E-state index >= 15 is 0 Å². The first-order valence-corrected chi connectivity index (χ1v) is 10.6. The molecule has 0 saturated heterocycles. The van der Waals surface area contributed by atoms with Crippen molar-refractivity contribution < 1.29 is 23.1 Å². The molecule has 0 radical (unpaired) electrons. The second-order valence-corrected chi connectivity index (χ2v) is 7.57. The molecule has 0 saturated carbocycles. The van der Waals surface area contributed by atoms with Gasteiger partial charge in [0.2, 0.25) is 11.9 Å². The summed E-state index contributed by atoms with van der Waals surface area (Å²) in [7, 11) is 0. The average Bonchev–Trinajstić information content (AvgIpc) is 2.85. The highest BCUT2D eigenvalue weighted by Crippen LogP contribution is 2.34. The summed E-state index contributed by atoms with van der Waals surface area (Å²) < 4.78 is 40.1. The minimum absolute atomic E-state index is 0.0874. The maximum atomic E-state index is 13.4. The number of nitrogens with one attached hydrogen (secondary N) is 2. The molecule has 0 bridgehead atoms. The molecule has 0 spiro atoms. The van der Waals surface area contributed by atoms with Gasteiger partial charge in [0.25, 0.3) is 0 Å². The molecule has 3 aromatic heterocycles. The molecule has 0 unspecified atom stereocenters. The van der Waals surface area contributed by atoms with E-state index in [-0.39, 0.29) is 25.5 Å². The van der Waals surface area contributed by atoms with Crippen LogP contribution in [0.4, 0.5) is 24.9 Å². The summed E-state index contributed by atoms with van der Waals surface area (Å²) in [4.78, 5) is 27.8. The van der Waals surface area contributed by atoms with Gasteiger partial charge in [-0.05, 0) is 36.2 Å². The second-order valence-electron chi connectivity index (χ2n) is 7.57. The molecular weight excluding hydrogens is 465 g/mol. The summed E-state index contributed by atoms with van der Waals surface area (Å²) >= 11 is 0. The molecule has 3 aromatic rings. The van der Waals surface area contributed by atoms with Gasteiger partial charge in [-0.2, -0.15) is 18.2 Å². The number of halogens is 3. The summed E-state index contributed by atoms with van der Waals surface area (Å²) in [5.74, 6) is -1.43. The van der Waals surface area contributed by atoms with Crippen LogP contribution in [0, 0.1) is 0 Å². The van der Waals surface area contributed by atoms with Gasteiger partial charge in [0.1, 0.15) is 17.4 Å². The van der Waals surface area contributed by atoms with Gasteiger partial charge in [0, 0.05) is 24.5 Å². The minimum atomic E-state index is -4.72. The molecule has 0 fully saturated rings. The number of pyridine rings is 2. The monoisotopic (exact) mass is 490 g/mol. The lowest BCUT2D eigenvalue weighted by Gasteiger charge is -2.18. The third-order valence-corrected chi connectivity index (χ3v) is 5.04. The van der Waals surface area contributed by atoms with Crippen molar-refractivity contribution in [3.8, 4) is 11.3 Å². The van der Waals surface area contributed by atoms with E-state index in [1.807, 2.05) is 0 Å². The fourth-order valence-corrected chi connectivity index (χ4v) is 3.17. The number of aromatic nitrogens is 4. The van der Waals surface area contributed by atoms with Crippen LogP contribution in [0.1, 0.15) is 35.9 Å². The first-order chi connectivity index (χ1) is 16.6. The Morgan fingerprint density at radius 2 is 1.91 bits per heavy atom. The van der Waals surface area contributed by atoms with Crippen LogP contribution in [0.3, 0.4) is 0 Å². The molecule has 0 aliphatic heterocycles. The average molecular weight is 490 g/mol. The summed E-state index contributed by atoms with van der Waals surface area (Å²) in [6, 6.07) is 5.97. The summed E-state index contributed by atoms with van der Waals surface area (Å²) in [5, 5.41) is 14.7. The Morgan fingerprint density at radius 1 is 1.14 bits per heavy atom. The number of rotatable bonds is 10. The Labute approximate surface area is 199 Å². The van der Waals surface area contributed by atoms with Crippen LogP contribution >= 0.6 is 0 Å². The third-order valence-electron chi connectivity index (χ3n) is 5.04. The number of alkyl halides is 3. The molecule has 10 nitrogen and oxygen atoms in total. The number of nitrogens with zero attached hydrogens (tertiary/aromatic N) is 4. The van der Waals surface area contributed by atoms with Crippen molar-refractivity contribution in [3.63, 3.8) is 0 Å². The van der Waals surface area contributed by atoms with Crippen LogP contribution in [-0.2, 0) is 30.7 Å². The fraction of sp³-hybridized carbons (Fsp3) is 0.318. The molecule has 3 rings (SSSR count). The minimum Gasteiger partial charge on any atom is -0.390 e. The van der Waals surface area contributed by atoms with E-state index in [1.165, 1.54) is 0 Å². The molecule has 1 amide bonds. The Hall–Kier alpha value is -3.84. The van der Waals surface area contributed by atoms with Gasteiger partial charge in [-0.15, -0.1) is 0 Å². The van der Waals surface area contributed by atoms with E-state index < -0.39 is 29.5 Å². The molecule has 13 heteroatoms. The van der Waals surface area contributed by atoms with Gasteiger partial charge in [0.15, 0.2) is 0 Å². The van der Waals surface area contributed by atoms with Gasteiger partial charge in [-0.25, -0.2) is 4.98 Å². The van der Waals surface area contributed by atoms with Crippen LogP contribution in [0.25, 0.3) is 11.3 Å². The number of nitrogens with two attached hydrogens (primary N) is 2. The first kappa shape index (κ1) is 25.8. The Bertz CT molecular complexity index is 1150. The lowest BCUT2D eigenvalue weighted by molar-refractivity contribution is -0.137. The lowest BCUT2D eigenvalue weighted by Crippen LogP contribution is -2.35. The molecule has 3 heterocycles. The van der Waals surface area contributed by atoms with Crippen LogP contribution in [0.5, 0.6) is 0 Å². The Balaban J connectivity index is 1.77. The topological polar surface area (TPSA) is 165 Å². The van der Waals surface area contributed by atoms with Crippen molar-refractivity contribution >= 4 is 17.7 Å². The third kappa shape index (κ3) is 6.61. The number of hydrogen-bond donors (Lipinski definition) is 5. The van der Waals surface area contributed by atoms with Crippen LogP contribution in [0.2, 0.25) is 0 Å². The molecule has 0 aromatic carbocycles. The van der Waals surface area contributed by atoms with E-state index in [0.717, 1.165) is 5.56 Å². The molecule has 0 aliphatic carbocycles. The van der Waals surface area contributed by atoms with Crippen molar-refractivity contribution in [2.75, 3.05) is 10.6 Å². The standard InChI is InChI=1S/C22H25F3N8O2/c1-2-17(19(27)35)32-20-16(22(23,24)25)10-30-21(33-20)29-9-14-4-3-13(8-28-14)18-6-12(7-26)5-15(11-34)31-18/h3-6,8,10,17,34H,2,7,9,11,26H2,1H3,(H2,27,35)(H2,29,30,32,33)/t17-/m1/s1. The number of carbonyl (C=O) groups is 1. The molecule has 186 valence electrons. The molecule has 35 heavy (non-hydrogen) atoms. The van der Waals surface area contributed by atoms with Crippen molar-refractivity contribution in [1.29, 1.82) is 0 Å². The number of carbonyl (C=O) groups excluding carboxylic acids is 1. The summed E-state index contributed by atoms with van der Waals surface area (Å²) in [6.45, 7) is 1.80. The van der Waals surface area contributed by atoms with E-state index in [1.54, 1.807) is 37.4 Å². The predicted molar refractivity (Wildman–Crippen MR) is 123 cm³/mol. The van der Waals surface area contributed by atoms with E-state index in [4.69, 9.17) is 11.5 Å². The van der Waals surface area contributed by atoms with Gasteiger partial charge >= 0.3 is 6.18 Å². The van der Waals surface area contributed by atoms with Crippen molar-refractivity contribution in [2.45, 2.75) is 45.3 Å². The maximum absolute atomic E-state index is 13.4. The zero-order valence-electron chi connectivity index (χ0n) is 18.8. The van der Waals surface area contributed by atoms with Gasteiger partial charge < -0.3 is 27.2 Å². The van der Waals surface area contributed by atoms with Crippen LogP contribution < -0.4 is 22.1 Å². The van der Waals surface area contributed by atoms with Gasteiger partial charge in [-0.3, -0.25) is 14.8 Å². The van der Waals surface area contributed by atoms with Gasteiger partial charge in [-0.1, -0.05) is 6.92 Å². The zero-order chi connectivity index (χ0) is 25.6. The number of primary amides is 1. The highest BCUT2D eigenvalue weighted by atomic mass is 19.4. The highest BCUT2D eigenvalue weighted by molar-refractivity contribution is 5.82. The van der Waals surface area contributed by atoms with Crippen molar-refractivity contribution in [3.05, 3.63) is 59.2 Å². The molecular formula is C22H25F3N8O2. The molecule has 7 N–H and O–H groups in total. The van der Waals surface area contributed by atoms with E-state index in [2.05, 4.69) is 30.6 Å². The molecule has 0 aliphatic rings. The number of hydrogen-bond acceptors (Lipinski definition) is 9. The quantitative estimate of drug-likeness (QED) is 0.286. The Kier molecular flexibility index (Phi) is 8.14. The smallest absolute Gasteiger partial charge is 0.390 e. The van der Waals surface area contributed by atoms with Crippen LogP contribution in [-0.4, -0.2) is 37.0 Å². The van der Waals surface area contributed by atoms with Crippen LogP contribution in [0.15, 0.2) is 36.7 Å². The van der Waals surface area contributed by atoms with E-state index in [0.29, 0.717) is 35.4 Å². The second kappa shape index (κ2) is 11.1. The lowest BCUT2D eigenvalue weighted by atomic mass is 10.1. The molecule has 1 atom stereocenters. The fourth-order valence-electron chi connectivity index (χ4n) is 3.17. The van der Waals surface area contributed by atoms with Crippen molar-refractivity contribution in [1.82, 2.24) is 19.9 Å². The zero-order valence-corrected chi connectivity index (χ0v) is 18.8. The first-order valence-electron chi connectivity index (χ1n) is 10.6. The van der Waals surface area contributed by atoms with E-state index in [9.17, 15) is 23.1 Å². The summed E-state index contributed by atoms with van der Waals surface area (Å²) in [5.41, 5.74) is 13.0. The SMILES string of the molecule is CC[C@@H](Nc1nc(NCc2ccc(-c3cc(CN)cc(CO)n3)cn2)ncc1C(F)(F)F)C(N)=O. The largest absolute Gasteiger partial charge is 0.421 e. The number of aliphatic hydroxyl groups is 1.